The molecule has 5 nitrogen and oxygen atoms in total. The highest BCUT2D eigenvalue weighted by molar-refractivity contribution is 5.93. The fraction of sp³-hybridized carbons (Fsp3) is 0.190. The van der Waals surface area contributed by atoms with Crippen LogP contribution in [0.15, 0.2) is 73.2 Å². The van der Waals surface area contributed by atoms with Crippen molar-refractivity contribution in [3.63, 3.8) is 0 Å². The Bertz CT molecular complexity index is 822. The van der Waals surface area contributed by atoms with Crippen molar-refractivity contribution >= 4 is 11.6 Å². The fourth-order valence-corrected chi connectivity index (χ4v) is 2.60. The van der Waals surface area contributed by atoms with E-state index in [4.69, 9.17) is 0 Å². The third-order valence-electron chi connectivity index (χ3n) is 3.98. The largest absolute Gasteiger partial charge is 0.381 e. The molecule has 1 aromatic carbocycles. The van der Waals surface area contributed by atoms with Crippen LogP contribution < -0.4 is 10.6 Å². The van der Waals surface area contributed by atoms with Gasteiger partial charge in [0.05, 0.1) is 0 Å². The molecule has 2 heterocycles. The SMILES string of the molecule is O=C(NCCCc1ccccc1)c1cc(NCc2cccnc2)ccn1. The standard InChI is InChI=1S/C21H22N4O/c26-21(24-12-5-8-17-6-2-1-3-7-17)20-14-19(10-13-23-20)25-16-18-9-4-11-22-15-18/h1-4,6-7,9-11,13-15H,5,8,12,16H2,(H,23,25)(H,24,26). The maximum absolute atomic E-state index is 12.3. The number of rotatable bonds is 8. The maximum atomic E-state index is 12.3. The average Bonchev–Trinajstić information content (AvgIpc) is 2.71. The minimum absolute atomic E-state index is 0.150. The molecule has 0 bridgehead atoms. The summed E-state index contributed by atoms with van der Waals surface area (Å²) >= 11 is 0. The first-order valence-electron chi connectivity index (χ1n) is 8.72. The lowest BCUT2D eigenvalue weighted by Gasteiger charge is -2.08. The number of nitrogens with zero attached hydrogens (tertiary/aromatic N) is 2. The molecule has 3 aromatic rings. The molecule has 0 saturated carbocycles. The topological polar surface area (TPSA) is 66.9 Å². The molecule has 0 saturated heterocycles. The molecule has 0 aliphatic heterocycles. The third kappa shape index (κ3) is 5.41. The summed E-state index contributed by atoms with van der Waals surface area (Å²) in [7, 11) is 0. The van der Waals surface area contributed by atoms with Crippen molar-refractivity contribution in [2.45, 2.75) is 19.4 Å². The Morgan fingerprint density at radius 3 is 2.62 bits per heavy atom. The number of benzene rings is 1. The minimum Gasteiger partial charge on any atom is -0.381 e. The van der Waals surface area contributed by atoms with Crippen LogP contribution in [0, 0.1) is 0 Å². The van der Waals surface area contributed by atoms with Gasteiger partial charge in [0, 0.05) is 37.4 Å². The van der Waals surface area contributed by atoms with E-state index < -0.39 is 0 Å². The van der Waals surface area contributed by atoms with Gasteiger partial charge in [-0.25, -0.2) is 0 Å². The van der Waals surface area contributed by atoms with Crippen molar-refractivity contribution in [1.82, 2.24) is 15.3 Å². The number of hydrogen-bond donors (Lipinski definition) is 2. The van der Waals surface area contributed by atoms with Gasteiger partial charge in [-0.05, 0) is 42.2 Å². The molecular weight excluding hydrogens is 324 g/mol. The summed E-state index contributed by atoms with van der Waals surface area (Å²) in [5.74, 6) is -0.150. The Morgan fingerprint density at radius 1 is 0.962 bits per heavy atom. The molecule has 132 valence electrons. The molecular formula is C21H22N4O. The van der Waals surface area contributed by atoms with E-state index >= 15 is 0 Å². The van der Waals surface area contributed by atoms with Crippen molar-refractivity contribution < 1.29 is 4.79 Å². The number of anilines is 1. The molecule has 0 radical (unpaired) electrons. The van der Waals surface area contributed by atoms with Crippen LogP contribution in [-0.4, -0.2) is 22.4 Å². The van der Waals surface area contributed by atoms with Gasteiger partial charge in [0.2, 0.25) is 0 Å². The van der Waals surface area contributed by atoms with Crippen LogP contribution in [0.2, 0.25) is 0 Å². The van der Waals surface area contributed by atoms with E-state index in [-0.39, 0.29) is 5.91 Å². The molecule has 0 aliphatic carbocycles. The molecule has 0 unspecified atom stereocenters. The minimum atomic E-state index is -0.150. The number of hydrogen-bond acceptors (Lipinski definition) is 4. The molecule has 1 amide bonds. The predicted octanol–water partition coefficient (Wildman–Crippen LogP) is 3.45. The summed E-state index contributed by atoms with van der Waals surface area (Å²) < 4.78 is 0. The number of aryl methyl sites for hydroxylation is 1. The Balaban J connectivity index is 1.46. The van der Waals surface area contributed by atoms with Crippen LogP contribution in [-0.2, 0) is 13.0 Å². The quantitative estimate of drug-likeness (QED) is 0.613. The molecule has 5 heteroatoms. The van der Waals surface area contributed by atoms with Crippen LogP contribution in [0.3, 0.4) is 0 Å². The van der Waals surface area contributed by atoms with Crippen molar-refractivity contribution in [3.8, 4) is 0 Å². The van der Waals surface area contributed by atoms with E-state index in [1.807, 2.05) is 42.6 Å². The summed E-state index contributed by atoms with van der Waals surface area (Å²) in [6.07, 6.45) is 7.05. The Hall–Kier alpha value is -3.21. The summed E-state index contributed by atoms with van der Waals surface area (Å²) in [5, 5.41) is 6.22. The first-order valence-corrected chi connectivity index (χ1v) is 8.72. The van der Waals surface area contributed by atoms with Crippen LogP contribution in [0.4, 0.5) is 5.69 Å². The number of carbonyl (C=O) groups is 1. The highest BCUT2D eigenvalue weighted by Gasteiger charge is 2.07. The van der Waals surface area contributed by atoms with Crippen LogP contribution in [0.5, 0.6) is 0 Å². The van der Waals surface area contributed by atoms with Gasteiger partial charge in [-0.15, -0.1) is 0 Å². The highest BCUT2D eigenvalue weighted by atomic mass is 16.1. The first kappa shape index (κ1) is 17.6. The van der Waals surface area contributed by atoms with Gasteiger partial charge in [0.1, 0.15) is 5.69 Å². The van der Waals surface area contributed by atoms with Crippen molar-refractivity contribution in [3.05, 3.63) is 90.0 Å². The maximum Gasteiger partial charge on any atom is 0.269 e. The number of amides is 1. The lowest BCUT2D eigenvalue weighted by Crippen LogP contribution is -2.25. The van der Waals surface area contributed by atoms with Crippen molar-refractivity contribution in [2.24, 2.45) is 0 Å². The summed E-state index contributed by atoms with van der Waals surface area (Å²) in [4.78, 5) is 20.5. The molecule has 0 aliphatic rings. The Kier molecular flexibility index (Phi) is 6.31. The van der Waals surface area contributed by atoms with Gasteiger partial charge >= 0.3 is 0 Å². The summed E-state index contributed by atoms with van der Waals surface area (Å²) in [6.45, 7) is 1.28. The fourth-order valence-electron chi connectivity index (χ4n) is 2.60. The van der Waals surface area contributed by atoms with Gasteiger partial charge in [-0.3, -0.25) is 14.8 Å². The van der Waals surface area contributed by atoms with Gasteiger partial charge < -0.3 is 10.6 Å². The molecule has 0 spiro atoms. The summed E-state index contributed by atoms with van der Waals surface area (Å²) in [6, 6.07) is 17.8. The molecule has 26 heavy (non-hydrogen) atoms. The molecule has 2 N–H and O–H groups in total. The lowest BCUT2D eigenvalue weighted by molar-refractivity contribution is 0.0948. The van der Waals surface area contributed by atoms with Crippen molar-refractivity contribution in [1.29, 1.82) is 0 Å². The number of pyridine rings is 2. The Morgan fingerprint density at radius 2 is 1.81 bits per heavy atom. The second kappa shape index (κ2) is 9.32. The van der Waals surface area contributed by atoms with E-state index in [1.54, 1.807) is 18.5 Å². The number of nitrogens with one attached hydrogen (secondary N) is 2. The van der Waals surface area contributed by atoms with Crippen LogP contribution in [0.25, 0.3) is 0 Å². The van der Waals surface area contributed by atoms with E-state index in [9.17, 15) is 4.79 Å². The van der Waals surface area contributed by atoms with Gasteiger partial charge in [0.25, 0.3) is 5.91 Å². The molecule has 2 aromatic heterocycles. The second-order valence-corrected chi connectivity index (χ2v) is 5.99. The smallest absolute Gasteiger partial charge is 0.269 e. The summed E-state index contributed by atoms with van der Waals surface area (Å²) in [5.41, 5.74) is 3.64. The third-order valence-corrected chi connectivity index (χ3v) is 3.98. The second-order valence-electron chi connectivity index (χ2n) is 5.99. The average molecular weight is 346 g/mol. The van der Waals surface area contributed by atoms with Gasteiger partial charge in [-0.2, -0.15) is 0 Å². The van der Waals surface area contributed by atoms with E-state index in [0.29, 0.717) is 18.8 Å². The van der Waals surface area contributed by atoms with E-state index in [0.717, 1.165) is 24.1 Å². The zero-order valence-electron chi connectivity index (χ0n) is 14.6. The normalized spacial score (nSPS) is 10.3. The zero-order chi connectivity index (χ0) is 18.0. The van der Waals surface area contributed by atoms with Crippen LogP contribution in [0.1, 0.15) is 28.0 Å². The van der Waals surface area contributed by atoms with E-state index in [2.05, 4.69) is 32.7 Å². The molecule has 0 atom stereocenters. The lowest BCUT2D eigenvalue weighted by atomic mass is 10.1. The van der Waals surface area contributed by atoms with E-state index in [1.165, 1.54) is 5.56 Å². The number of aromatic nitrogens is 2. The molecule has 3 rings (SSSR count). The highest BCUT2D eigenvalue weighted by Crippen LogP contribution is 2.10. The van der Waals surface area contributed by atoms with Crippen molar-refractivity contribution in [2.75, 3.05) is 11.9 Å². The van der Waals surface area contributed by atoms with Gasteiger partial charge in [-0.1, -0.05) is 36.4 Å². The predicted molar refractivity (Wildman–Crippen MR) is 103 cm³/mol. The van der Waals surface area contributed by atoms with Crippen LogP contribution >= 0.6 is 0 Å². The first-order chi connectivity index (χ1) is 12.8. The monoisotopic (exact) mass is 346 g/mol. The molecule has 0 fully saturated rings. The zero-order valence-corrected chi connectivity index (χ0v) is 14.6. The Labute approximate surface area is 153 Å². The number of carbonyl (C=O) groups excluding carboxylic acids is 1. The van der Waals surface area contributed by atoms with Gasteiger partial charge in [0.15, 0.2) is 0 Å².